The molecule has 0 radical (unpaired) electrons. The van der Waals surface area contributed by atoms with Gasteiger partial charge < -0.3 is 5.32 Å². The Hall–Kier alpha value is -1.39. The topological polar surface area (TPSA) is 42.7 Å². The van der Waals surface area contributed by atoms with Crippen LogP contribution in [0, 0.1) is 5.92 Å². The summed E-state index contributed by atoms with van der Waals surface area (Å²) < 4.78 is 1.90. The highest BCUT2D eigenvalue weighted by atomic mass is 35.5. The Morgan fingerprint density at radius 2 is 2.21 bits per heavy atom. The summed E-state index contributed by atoms with van der Waals surface area (Å²) in [7, 11) is 0. The van der Waals surface area contributed by atoms with Gasteiger partial charge in [-0.05, 0) is 24.1 Å². The summed E-state index contributed by atoms with van der Waals surface area (Å²) in [6, 6.07) is 1.92. The Kier molecular flexibility index (Phi) is 4.93. The van der Waals surface area contributed by atoms with E-state index in [2.05, 4.69) is 29.2 Å². The summed E-state index contributed by atoms with van der Waals surface area (Å²) in [5.41, 5.74) is 2.22. The zero-order valence-corrected chi connectivity index (χ0v) is 12.1. The molecular weight excluding hydrogens is 260 g/mol. The first kappa shape index (κ1) is 14.0. The van der Waals surface area contributed by atoms with E-state index in [1.807, 2.05) is 23.1 Å². The van der Waals surface area contributed by atoms with E-state index in [0.717, 1.165) is 18.7 Å². The molecule has 0 bridgehead atoms. The third-order valence-electron chi connectivity index (χ3n) is 2.76. The lowest BCUT2D eigenvalue weighted by molar-refractivity contribution is 0.552. The van der Waals surface area contributed by atoms with Gasteiger partial charge in [0.25, 0.3) is 0 Å². The lowest BCUT2D eigenvalue weighted by Gasteiger charge is -2.05. The molecule has 0 atom stereocenters. The highest BCUT2D eigenvalue weighted by molar-refractivity contribution is 6.31. The predicted molar refractivity (Wildman–Crippen MR) is 77.1 cm³/mol. The van der Waals surface area contributed by atoms with Gasteiger partial charge in [0.1, 0.15) is 0 Å². The van der Waals surface area contributed by atoms with Crippen molar-refractivity contribution >= 4 is 11.6 Å². The van der Waals surface area contributed by atoms with Crippen molar-refractivity contribution in [3.8, 4) is 0 Å². The van der Waals surface area contributed by atoms with Crippen LogP contribution in [-0.4, -0.2) is 21.3 Å². The van der Waals surface area contributed by atoms with Gasteiger partial charge in [-0.3, -0.25) is 9.67 Å². The van der Waals surface area contributed by atoms with Gasteiger partial charge in [-0.25, -0.2) is 0 Å². The van der Waals surface area contributed by atoms with E-state index in [0.29, 0.717) is 17.5 Å². The maximum absolute atomic E-state index is 6.08. The fourth-order valence-corrected chi connectivity index (χ4v) is 1.98. The number of aromatic nitrogens is 3. The van der Waals surface area contributed by atoms with Gasteiger partial charge in [-0.15, -0.1) is 0 Å². The monoisotopic (exact) mass is 278 g/mol. The quantitative estimate of drug-likeness (QED) is 0.883. The summed E-state index contributed by atoms with van der Waals surface area (Å²) in [4.78, 5) is 3.98. The van der Waals surface area contributed by atoms with Crippen molar-refractivity contribution in [3.05, 3.63) is 47.0 Å². The molecule has 0 saturated heterocycles. The Morgan fingerprint density at radius 1 is 1.37 bits per heavy atom. The molecular formula is C14H19ClN4. The van der Waals surface area contributed by atoms with Crippen LogP contribution in [0.2, 0.25) is 5.02 Å². The van der Waals surface area contributed by atoms with E-state index >= 15 is 0 Å². The van der Waals surface area contributed by atoms with Crippen LogP contribution in [0.5, 0.6) is 0 Å². The molecule has 2 heterocycles. The molecule has 102 valence electrons. The molecule has 4 nitrogen and oxygen atoms in total. The number of hydrogen-bond acceptors (Lipinski definition) is 3. The molecule has 0 aliphatic carbocycles. The molecule has 0 fully saturated rings. The predicted octanol–water partition coefficient (Wildman–Crippen LogP) is 2.73. The van der Waals surface area contributed by atoms with Crippen LogP contribution in [0.1, 0.15) is 25.0 Å². The van der Waals surface area contributed by atoms with Crippen molar-refractivity contribution in [2.75, 3.05) is 6.54 Å². The normalized spacial score (nSPS) is 11.2. The SMILES string of the molecule is CC(C)CNCc1cnn(Cc2ccncc2Cl)c1. The molecule has 2 aromatic heterocycles. The summed E-state index contributed by atoms with van der Waals surface area (Å²) >= 11 is 6.08. The molecule has 0 aliphatic heterocycles. The largest absolute Gasteiger partial charge is 0.312 e. The average Bonchev–Trinajstić information content (AvgIpc) is 2.79. The minimum atomic E-state index is 0.658. The standard InChI is InChI=1S/C14H19ClN4/c1-11(2)5-17-6-12-7-18-19(9-12)10-13-3-4-16-8-14(13)15/h3-4,7-9,11,17H,5-6,10H2,1-2H3. The van der Waals surface area contributed by atoms with Gasteiger partial charge in [0.2, 0.25) is 0 Å². The Bertz CT molecular complexity index is 522. The minimum absolute atomic E-state index is 0.658. The fourth-order valence-electron chi connectivity index (χ4n) is 1.80. The maximum atomic E-state index is 6.08. The molecule has 0 aromatic carbocycles. The van der Waals surface area contributed by atoms with Crippen molar-refractivity contribution in [2.45, 2.75) is 26.9 Å². The third kappa shape index (κ3) is 4.33. The van der Waals surface area contributed by atoms with Crippen molar-refractivity contribution < 1.29 is 0 Å². The number of rotatable bonds is 6. The number of nitrogens with one attached hydrogen (secondary N) is 1. The molecule has 0 saturated carbocycles. The maximum Gasteiger partial charge on any atom is 0.0675 e. The zero-order valence-electron chi connectivity index (χ0n) is 11.3. The number of halogens is 1. The lowest BCUT2D eigenvalue weighted by atomic mass is 10.2. The zero-order chi connectivity index (χ0) is 13.7. The first-order chi connectivity index (χ1) is 9.15. The van der Waals surface area contributed by atoms with E-state index in [1.54, 1.807) is 12.4 Å². The van der Waals surface area contributed by atoms with Gasteiger partial charge in [0.15, 0.2) is 0 Å². The van der Waals surface area contributed by atoms with Gasteiger partial charge in [0.05, 0.1) is 17.8 Å². The molecule has 0 unspecified atom stereocenters. The van der Waals surface area contributed by atoms with E-state index in [4.69, 9.17) is 11.6 Å². The Balaban J connectivity index is 1.92. The highest BCUT2D eigenvalue weighted by Crippen LogP contribution is 2.14. The van der Waals surface area contributed by atoms with Crippen LogP contribution in [0.3, 0.4) is 0 Å². The van der Waals surface area contributed by atoms with Crippen LogP contribution >= 0.6 is 11.6 Å². The summed E-state index contributed by atoms with van der Waals surface area (Å²) in [6.45, 7) is 6.93. The number of pyridine rings is 1. The highest BCUT2D eigenvalue weighted by Gasteiger charge is 2.03. The molecule has 19 heavy (non-hydrogen) atoms. The molecule has 0 aliphatic rings. The summed E-state index contributed by atoms with van der Waals surface area (Å²) in [5, 5.41) is 8.43. The van der Waals surface area contributed by atoms with Crippen LogP contribution in [0.15, 0.2) is 30.9 Å². The van der Waals surface area contributed by atoms with Gasteiger partial charge >= 0.3 is 0 Å². The molecule has 2 rings (SSSR count). The lowest BCUT2D eigenvalue weighted by Crippen LogP contribution is -2.18. The second-order valence-electron chi connectivity index (χ2n) is 5.04. The molecule has 1 N–H and O–H groups in total. The first-order valence-corrected chi connectivity index (χ1v) is 6.83. The van der Waals surface area contributed by atoms with Crippen LogP contribution in [0.25, 0.3) is 0 Å². The fraction of sp³-hybridized carbons (Fsp3) is 0.429. The molecule has 5 heteroatoms. The van der Waals surface area contributed by atoms with Crippen molar-refractivity contribution in [3.63, 3.8) is 0 Å². The van der Waals surface area contributed by atoms with E-state index in [-0.39, 0.29) is 0 Å². The minimum Gasteiger partial charge on any atom is -0.312 e. The smallest absolute Gasteiger partial charge is 0.0675 e. The van der Waals surface area contributed by atoms with Gasteiger partial charge in [0, 0.05) is 30.7 Å². The van der Waals surface area contributed by atoms with Crippen molar-refractivity contribution in [2.24, 2.45) is 5.92 Å². The second kappa shape index (κ2) is 6.68. The summed E-state index contributed by atoms with van der Waals surface area (Å²) in [5.74, 6) is 0.658. The Labute approximate surface area is 118 Å². The van der Waals surface area contributed by atoms with Crippen LogP contribution in [0.4, 0.5) is 0 Å². The summed E-state index contributed by atoms with van der Waals surface area (Å²) in [6.07, 6.45) is 7.34. The molecule has 2 aromatic rings. The number of hydrogen-bond donors (Lipinski definition) is 1. The first-order valence-electron chi connectivity index (χ1n) is 6.45. The van der Waals surface area contributed by atoms with E-state index in [1.165, 1.54) is 5.56 Å². The van der Waals surface area contributed by atoms with E-state index < -0.39 is 0 Å². The van der Waals surface area contributed by atoms with Crippen molar-refractivity contribution in [1.29, 1.82) is 0 Å². The Morgan fingerprint density at radius 3 is 2.95 bits per heavy atom. The second-order valence-corrected chi connectivity index (χ2v) is 5.45. The number of nitrogens with zero attached hydrogens (tertiary/aromatic N) is 3. The van der Waals surface area contributed by atoms with Crippen molar-refractivity contribution in [1.82, 2.24) is 20.1 Å². The van der Waals surface area contributed by atoms with Gasteiger partial charge in [-0.1, -0.05) is 25.4 Å². The average molecular weight is 279 g/mol. The third-order valence-corrected chi connectivity index (χ3v) is 3.10. The molecule has 0 spiro atoms. The molecule has 0 amide bonds. The van der Waals surface area contributed by atoms with Crippen LogP contribution < -0.4 is 5.32 Å². The van der Waals surface area contributed by atoms with Crippen LogP contribution in [-0.2, 0) is 13.1 Å². The van der Waals surface area contributed by atoms with E-state index in [9.17, 15) is 0 Å². The van der Waals surface area contributed by atoms with Gasteiger partial charge in [-0.2, -0.15) is 5.10 Å².